The Morgan fingerprint density at radius 2 is 2.17 bits per heavy atom. The van der Waals surface area contributed by atoms with E-state index in [1.54, 1.807) is 6.20 Å². The van der Waals surface area contributed by atoms with Gasteiger partial charge >= 0.3 is 0 Å². The Hall–Kier alpha value is -1.17. The van der Waals surface area contributed by atoms with Crippen LogP contribution in [0.2, 0.25) is 0 Å². The molecule has 0 aliphatic heterocycles. The molecule has 3 nitrogen and oxygen atoms in total. The number of nitrogens with zero attached hydrogens (tertiary/aromatic N) is 2. The number of imidazole rings is 1. The summed E-state index contributed by atoms with van der Waals surface area (Å²) >= 11 is 2.19. The van der Waals surface area contributed by atoms with Gasteiger partial charge < -0.3 is 4.57 Å². The summed E-state index contributed by atoms with van der Waals surface area (Å²) in [6.07, 6.45) is 5.10. The Balaban J connectivity index is 2.17. The summed E-state index contributed by atoms with van der Waals surface area (Å²) < 4.78 is 3.04. The quantitative estimate of drug-likeness (QED) is 0.610. The van der Waals surface area contributed by atoms with Crippen molar-refractivity contribution in [2.75, 3.05) is 0 Å². The molecule has 0 saturated heterocycles. The van der Waals surface area contributed by atoms with Gasteiger partial charge in [-0.2, -0.15) is 0 Å². The molecule has 0 spiro atoms. The molecule has 0 fully saturated rings. The maximum absolute atomic E-state index is 12.2. The van der Waals surface area contributed by atoms with Gasteiger partial charge in [0.1, 0.15) is 5.82 Å². The minimum absolute atomic E-state index is 0.128. The van der Waals surface area contributed by atoms with Crippen LogP contribution in [0.15, 0.2) is 36.7 Å². The number of hydrogen-bond acceptors (Lipinski definition) is 2. The van der Waals surface area contributed by atoms with Gasteiger partial charge in [0.25, 0.3) is 0 Å². The van der Waals surface area contributed by atoms with Crippen molar-refractivity contribution in [1.29, 1.82) is 0 Å². The fraction of sp³-hybridized carbons (Fsp3) is 0.286. The summed E-state index contributed by atoms with van der Waals surface area (Å²) in [6, 6.07) is 7.66. The van der Waals surface area contributed by atoms with Crippen LogP contribution in [0.1, 0.15) is 29.5 Å². The Labute approximate surface area is 120 Å². The molecule has 94 valence electrons. The molecule has 18 heavy (non-hydrogen) atoms. The number of aromatic nitrogens is 2. The summed E-state index contributed by atoms with van der Waals surface area (Å²) in [5.74, 6) is 0.977. The first-order valence-corrected chi connectivity index (χ1v) is 7.08. The monoisotopic (exact) mass is 354 g/mol. The molecule has 0 atom stereocenters. The highest BCUT2D eigenvalue weighted by molar-refractivity contribution is 14.1. The van der Waals surface area contributed by atoms with Crippen molar-refractivity contribution in [3.05, 3.63) is 51.6 Å². The lowest BCUT2D eigenvalue weighted by atomic mass is 10.1. The van der Waals surface area contributed by atoms with Crippen LogP contribution in [0.4, 0.5) is 0 Å². The summed E-state index contributed by atoms with van der Waals surface area (Å²) in [6.45, 7) is 3.03. The molecule has 0 saturated carbocycles. The average molecular weight is 354 g/mol. The molecule has 0 bridgehead atoms. The third kappa shape index (κ3) is 2.98. The third-order valence-electron chi connectivity index (χ3n) is 2.76. The number of aryl methyl sites for hydroxylation is 1. The molecule has 0 aliphatic carbocycles. The van der Waals surface area contributed by atoms with Gasteiger partial charge in [0.15, 0.2) is 5.78 Å². The molecule has 2 rings (SSSR count). The minimum Gasteiger partial charge on any atom is -0.335 e. The molecule has 4 heteroatoms. The fourth-order valence-corrected chi connectivity index (χ4v) is 2.57. The zero-order chi connectivity index (χ0) is 13.0. The molecule has 1 heterocycles. The van der Waals surface area contributed by atoms with E-state index in [4.69, 9.17) is 0 Å². The van der Waals surface area contributed by atoms with Crippen molar-refractivity contribution in [3.8, 4) is 0 Å². The van der Waals surface area contributed by atoms with E-state index in [9.17, 15) is 4.79 Å². The van der Waals surface area contributed by atoms with Gasteiger partial charge in [-0.1, -0.05) is 25.1 Å². The third-order valence-corrected chi connectivity index (χ3v) is 3.70. The van der Waals surface area contributed by atoms with Gasteiger partial charge in [0.05, 0.1) is 6.42 Å². The zero-order valence-corrected chi connectivity index (χ0v) is 12.4. The highest BCUT2D eigenvalue weighted by atomic mass is 127. The lowest BCUT2D eigenvalue weighted by Gasteiger charge is -2.06. The zero-order valence-electron chi connectivity index (χ0n) is 10.3. The highest BCUT2D eigenvalue weighted by Gasteiger charge is 2.13. The number of carbonyl (C=O) groups is 1. The largest absolute Gasteiger partial charge is 0.335 e. The normalized spacial score (nSPS) is 10.6. The van der Waals surface area contributed by atoms with E-state index in [1.165, 1.54) is 0 Å². The molecular formula is C14H15IN2O. The molecule has 0 unspecified atom stereocenters. The standard InChI is InChI=1S/C14H15IN2O/c1-2-8-17-9-7-16-14(17)10-13(18)11-5-3-4-6-12(11)15/h3-7,9H,2,8,10H2,1H3. The lowest BCUT2D eigenvalue weighted by Crippen LogP contribution is -2.11. The second-order valence-electron chi connectivity index (χ2n) is 4.12. The van der Waals surface area contributed by atoms with E-state index >= 15 is 0 Å². The first-order chi connectivity index (χ1) is 8.72. The molecule has 1 aromatic heterocycles. The van der Waals surface area contributed by atoms with E-state index in [2.05, 4.69) is 34.5 Å². The van der Waals surface area contributed by atoms with Crippen molar-refractivity contribution < 1.29 is 4.79 Å². The Kier molecular flexibility index (Phi) is 4.52. The van der Waals surface area contributed by atoms with E-state index in [0.717, 1.165) is 27.9 Å². The van der Waals surface area contributed by atoms with E-state index in [0.29, 0.717) is 6.42 Å². The van der Waals surface area contributed by atoms with Crippen LogP contribution in [0.25, 0.3) is 0 Å². The number of Topliss-reactive ketones (excluding diaryl/α,β-unsaturated/α-hetero) is 1. The first kappa shape index (κ1) is 13.3. The molecule has 0 radical (unpaired) electrons. The van der Waals surface area contributed by atoms with Gasteiger partial charge in [0.2, 0.25) is 0 Å². The fourth-order valence-electron chi connectivity index (χ4n) is 1.88. The van der Waals surface area contributed by atoms with Crippen molar-refractivity contribution in [1.82, 2.24) is 9.55 Å². The van der Waals surface area contributed by atoms with Crippen LogP contribution in [0.3, 0.4) is 0 Å². The number of carbonyl (C=O) groups excluding carboxylic acids is 1. The molecular weight excluding hydrogens is 339 g/mol. The summed E-state index contributed by atoms with van der Waals surface area (Å²) in [5.41, 5.74) is 0.782. The number of hydrogen-bond donors (Lipinski definition) is 0. The SMILES string of the molecule is CCCn1ccnc1CC(=O)c1ccccc1I. The number of benzene rings is 1. The second-order valence-corrected chi connectivity index (χ2v) is 5.28. The Morgan fingerprint density at radius 3 is 2.89 bits per heavy atom. The van der Waals surface area contributed by atoms with Gasteiger partial charge in [-0.15, -0.1) is 0 Å². The maximum atomic E-state index is 12.2. The summed E-state index contributed by atoms with van der Waals surface area (Å²) in [5, 5.41) is 0. The number of ketones is 1. The van der Waals surface area contributed by atoms with Gasteiger partial charge in [-0.25, -0.2) is 4.98 Å². The summed E-state index contributed by atoms with van der Waals surface area (Å²) in [4.78, 5) is 16.5. The average Bonchev–Trinajstić information content (AvgIpc) is 2.78. The molecule has 1 aromatic carbocycles. The molecule has 2 aromatic rings. The van der Waals surface area contributed by atoms with Gasteiger partial charge in [-0.3, -0.25) is 4.79 Å². The van der Waals surface area contributed by atoms with Gasteiger partial charge in [-0.05, 0) is 35.1 Å². The Morgan fingerprint density at radius 1 is 1.39 bits per heavy atom. The lowest BCUT2D eigenvalue weighted by molar-refractivity contribution is 0.0989. The summed E-state index contributed by atoms with van der Waals surface area (Å²) in [7, 11) is 0. The smallest absolute Gasteiger partial charge is 0.171 e. The molecule has 0 aliphatic rings. The van der Waals surface area contributed by atoms with Crippen LogP contribution < -0.4 is 0 Å². The number of halogens is 1. The maximum Gasteiger partial charge on any atom is 0.171 e. The molecule has 0 N–H and O–H groups in total. The second kappa shape index (κ2) is 6.13. The van der Waals surface area contributed by atoms with E-state index in [1.807, 2.05) is 35.0 Å². The van der Waals surface area contributed by atoms with E-state index in [-0.39, 0.29) is 5.78 Å². The minimum atomic E-state index is 0.128. The van der Waals surface area contributed by atoms with Crippen LogP contribution in [-0.2, 0) is 13.0 Å². The topological polar surface area (TPSA) is 34.9 Å². The first-order valence-electron chi connectivity index (χ1n) is 6.00. The Bertz CT molecular complexity index is 548. The van der Waals surface area contributed by atoms with Crippen LogP contribution in [0.5, 0.6) is 0 Å². The van der Waals surface area contributed by atoms with E-state index < -0.39 is 0 Å². The van der Waals surface area contributed by atoms with Crippen LogP contribution >= 0.6 is 22.6 Å². The predicted octanol–water partition coefficient (Wildman–Crippen LogP) is 3.32. The van der Waals surface area contributed by atoms with Crippen molar-refractivity contribution >= 4 is 28.4 Å². The van der Waals surface area contributed by atoms with Crippen molar-refractivity contribution in [2.24, 2.45) is 0 Å². The van der Waals surface area contributed by atoms with Gasteiger partial charge in [0, 0.05) is 28.1 Å². The van der Waals surface area contributed by atoms with Crippen molar-refractivity contribution in [2.45, 2.75) is 26.3 Å². The van der Waals surface area contributed by atoms with Crippen LogP contribution in [0, 0.1) is 3.57 Å². The van der Waals surface area contributed by atoms with Crippen molar-refractivity contribution in [3.63, 3.8) is 0 Å². The predicted molar refractivity (Wildman–Crippen MR) is 79.7 cm³/mol. The van der Waals surface area contributed by atoms with Crippen LogP contribution in [-0.4, -0.2) is 15.3 Å². The highest BCUT2D eigenvalue weighted by Crippen LogP contribution is 2.14. The number of rotatable bonds is 5. The molecule has 0 amide bonds.